The van der Waals surface area contributed by atoms with Gasteiger partial charge in [-0.05, 0) is 6.07 Å². The number of morpholine rings is 1. The highest BCUT2D eigenvalue weighted by Crippen LogP contribution is 2.12. The Morgan fingerprint density at radius 1 is 1.67 bits per heavy atom. The molecule has 2 N–H and O–H groups in total. The lowest BCUT2D eigenvalue weighted by atomic mass is 10.2. The number of H-pyrrole nitrogens is 1. The average molecular weight is 209 g/mol. The molecule has 0 aliphatic carbocycles. The number of nitrogens with one attached hydrogen (secondary N) is 2. The van der Waals surface area contributed by atoms with Crippen LogP contribution in [-0.2, 0) is 9.53 Å². The second-order valence-corrected chi connectivity index (χ2v) is 3.53. The van der Waals surface area contributed by atoms with E-state index in [-0.39, 0.29) is 12.0 Å². The maximum atomic E-state index is 11.9. The number of carbonyl (C=O) groups is 1. The molecule has 1 aliphatic rings. The summed E-state index contributed by atoms with van der Waals surface area (Å²) in [4.78, 5) is 16.5. The molecule has 1 amide bonds. The molecule has 1 aromatic heterocycles. The summed E-state index contributed by atoms with van der Waals surface area (Å²) < 4.78 is 5.40. The predicted molar refractivity (Wildman–Crippen MR) is 56.8 cm³/mol. The van der Waals surface area contributed by atoms with Crippen molar-refractivity contribution in [2.75, 3.05) is 31.6 Å². The van der Waals surface area contributed by atoms with E-state index < -0.39 is 0 Å². The Morgan fingerprint density at radius 2 is 2.53 bits per heavy atom. The SMILES string of the molecule is CN(C(=O)C1CNCCO1)c1cc[nH]c1. The predicted octanol–water partition coefficient (Wildman–Crippen LogP) is -0.0341. The molecule has 1 fully saturated rings. The zero-order valence-electron chi connectivity index (χ0n) is 8.69. The van der Waals surface area contributed by atoms with E-state index in [0.29, 0.717) is 13.2 Å². The third-order valence-corrected chi connectivity index (χ3v) is 2.50. The molecule has 0 aromatic carbocycles. The first-order valence-electron chi connectivity index (χ1n) is 5.01. The van der Waals surface area contributed by atoms with Gasteiger partial charge in [-0.3, -0.25) is 4.79 Å². The van der Waals surface area contributed by atoms with E-state index in [1.807, 2.05) is 6.07 Å². The first kappa shape index (κ1) is 10.2. The number of nitrogens with zero attached hydrogens (tertiary/aromatic N) is 1. The molecule has 1 saturated heterocycles. The largest absolute Gasteiger partial charge is 0.366 e. The standard InChI is InChI=1S/C10H15N3O2/c1-13(8-2-3-11-6-8)10(14)9-7-12-4-5-15-9/h2-3,6,9,11-12H,4-5,7H2,1H3. The van der Waals surface area contributed by atoms with Gasteiger partial charge in [0.15, 0.2) is 0 Å². The molecule has 0 spiro atoms. The molecule has 1 aromatic rings. The van der Waals surface area contributed by atoms with Crippen LogP contribution in [0.15, 0.2) is 18.5 Å². The quantitative estimate of drug-likeness (QED) is 0.719. The summed E-state index contributed by atoms with van der Waals surface area (Å²) in [6.45, 7) is 2.00. The highest BCUT2D eigenvalue weighted by Gasteiger charge is 2.25. The molecule has 5 heteroatoms. The summed E-state index contributed by atoms with van der Waals surface area (Å²) >= 11 is 0. The lowest BCUT2D eigenvalue weighted by Crippen LogP contribution is -2.48. The number of aromatic amines is 1. The van der Waals surface area contributed by atoms with Gasteiger partial charge in [-0.25, -0.2) is 0 Å². The summed E-state index contributed by atoms with van der Waals surface area (Å²) in [7, 11) is 1.75. The van der Waals surface area contributed by atoms with Crippen LogP contribution in [0.25, 0.3) is 0 Å². The van der Waals surface area contributed by atoms with Crippen molar-refractivity contribution < 1.29 is 9.53 Å². The first-order chi connectivity index (χ1) is 7.29. The average Bonchev–Trinajstić information content (AvgIpc) is 2.82. The van der Waals surface area contributed by atoms with Crippen molar-refractivity contribution in [1.82, 2.24) is 10.3 Å². The fourth-order valence-corrected chi connectivity index (χ4v) is 1.59. The Labute approximate surface area is 88.4 Å². The van der Waals surface area contributed by atoms with E-state index >= 15 is 0 Å². The number of likely N-dealkylation sites (N-methyl/N-ethyl adjacent to an activating group) is 1. The topological polar surface area (TPSA) is 57.4 Å². The number of hydrogen-bond donors (Lipinski definition) is 2. The van der Waals surface area contributed by atoms with Crippen molar-refractivity contribution >= 4 is 11.6 Å². The lowest BCUT2D eigenvalue weighted by molar-refractivity contribution is -0.131. The molecule has 15 heavy (non-hydrogen) atoms. The number of rotatable bonds is 2. The summed E-state index contributed by atoms with van der Waals surface area (Å²) in [6, 6.07) is 1.86. The van der Waals surface area contributed by atoms with Gasteiger partial charge >= 0.3 is 0 Å². The van der Waals surface area contributed by atoms with Crippen LogP contribution in [0.5, 0.6) is 0 Å². The van der Waals surface area contributed by atoms with Crippen LogP contribution in [0.1, 0.15) is 0 Å². The molecule has 2 rings (SSSR count). The van der Waals surface area contributed by atoms with Crippen molar-refractivity contribution in [2.24, 2.45) is 0 Å². The van der Waals surface area contributed by atoms with Crippen molar-refractivity contribution in [2.45, 2.75) is 6.10 Å². The van der Waals surface area contributed by atoms with Gasteiger partial charge in [0.2, 0.25) is 0 Å². The van der Waals surface area contributed by atoms with Crippen LogP contribution in [0, 0.1) is 0 Å². The zero-order valence-corrected chi connectivity index (χ0v) is 8.69. The van der Waals surface area contributed by atoms with Gasteiger partial charge < -0.3 is 19.9 Å². The van der Waals surface area contributed by atoms with E-state index in [1.165, 1.54) is 0 Å². The minimum absolute atomic E-state index is 0.0122. The highest BCUT2D eigenvalue weighted by molar-refractivity contribution is 5.96. The van der Waals surface area contributed by atoms with Gasteiger partial charge in [-0.1, -0.05) is 0 Å². The summed E-state index contributed by atoms with van der Waals surface area (Å²) in [6.07, 6.45) is 3.21. The number of aromatic nitrogens is 1. The van der Waals surface area contributed by atoms with Gasteiger partial charge in [0.1, 0.15) is 6.10 Å². The van der Waals surface area contributed by atoms with Gasteiger partial charge in [0.25, 0.3) is 5.91 Å². The lowest BCUT2D eigenvalue weighted by Gasteiger charge is -2.26. The molecular formula is C10H15N3O2. The third-order valence-electron chi connectivity index (χ3n) is 2.50. The van der Waals surface area contributed by atoms with Crippen LogP contribution < -0.4 is 10.2 Å². The molecule has 82 valence electrons. The van der Waals surface area contributed by atoms with Gasteiger partial charge in [-0.2, -0.15) is 0 Å². The van der Waals surface area contributed by atoms with Crippen LogP contribution in [-0.4, -0.2) is 43.7 Å². The molecule has 2 heterocycles. The Balaban J connectivity index is 2.00. The van der Waals surface area contributed by atoms with Crippen molar-refractivity contribution in [3.05, 3.63) is 18.5 Å². The second-order valence-electron chi connectivity index (χ2n) is 3.53. The first-order valence-corrected chi connectivity index (χ1v) is 5.01. The number of hydrogen-bond acceptors (Lipinski definition) is 3. The van der Waals surface area contributed by atoms with E-state index in [9.17, 15) is 4.79 Å². The fourth-order valence-electron chi connectivity index (χ4n) is 1.59. The normalized spacial score (nSPS) is 21.3. The van der Waals surface area contributed by atoms with Crippen LogP contribution >= 0.6 is 0 Å². The maximum absolute atomic E-state index is 11.9. The van der Waals surface area contributed by atoms with Crippen LogP contribution in [0.4, 0.5) is 5.69 Å². The minimum atomic E-state index is -0.362. The Hall–Kier alpha value is -1.33. The van der Waals surface area contributed by atoms with Gasteiger partial charge in [0.05, 0.1) is 12.3 Å². The third kappa shape index (κ3) is 2.19. The minimum Gasteiger partial charge on any atom is -0.366 e. The summed E-state index contributed by atoms with van der Waals surface area (Å²) in [5.74, 6) is -0.0122. The van der Waals surface area contributed by atoms with Crippen molar-refractivity contribution in [3.8, 4) is 0 Å². The highest BCUT2D eigenvalue weighted by atomic mass is 16.5. The Kier molecular flexibility index (Phi) is 3.03. The van der Waals surface area contributed by atoms with E-state index in [2.05, 4.69) is 10.3 Å². The van der Waals surface area contributed by atoms with Crippen molar-refractivity contribution in [1.29, 1.82) is 0 Å². The van der Waals surface area contributed by atoms with Gasteiger partial charge in [0, 0.05) is 32.5 Å². The molecule has 5 nitrogen and oxygen atoms in total. The number of carbonyl (C=O) groups excluding carboxylic acids is 1. The van der Waals surface area contributed by atoms with E-state index in [1.54, 1.807) is 24.3 Å². The van der Waals surface area contributed by atoms with E-state index in [0.717, 1.165) is 12.2 Å². The Morgan fingerprint density at radius 3 is 3.13 bits per heavy atom. The molecular weight excluding hydrogens is 194 g/mol. The van der Waals surface area contributed by atoms with E-state index in [4.69, 9.17) is 4.74 Å². The zero-order chi connectivity index (χ0) is 10.7. The molecule has 1 aliphatic heterocycles. The number of amides is 1. The molecule has 1 atom stereocenters. The smallest absolute Gasteiger partial charge is 0.257 e. The number of ether oxygens (including phenoxy) is 1. The fraction of sp³-hybridized carbons (Fsp3) is 0.500. The monoisotopic (exact) mass is 209 g/mol. The molecule has 0 saturated carbocycles. The molecule has 0 bridgehead atoms. The Bertz CT molecular complexity index is 317. The van der Waals surface area contributed by atoms with Crippen LogP contribution in [0.3, 0.4) is 0 Å². The summed E-state index contributed by atoms with van der Waals surface area (Å²) in [5, 5.41) is 3.14. The summed E-state index contributed by atoms with van der Waals surface area (Å²) in [5.41, 5.74) is 0.856. The van der Waals surface area contributed by atoms with Crippen molar-refractivity contribution in [3.63, 3.8) is 0 Å². The molecule has 1 unspecified atom stereocenters. The molecule has 0 radical (unpaired) electrons. The number of anilines is 1. The van der Waals surface area contributed by atoms with Gasteiger partial charge in [-0.15, -0.1) is 0 Å². The second kappa shape index (κ2) is 4.46. The maximum Gasteiger partial charge on any atom is 0.257 e. The van der Waals surface area contributed by atoms with Crippen LogP contribution in [0.2, 0.25) is 0 Å².